The summed E-state index contributed by atoms with van der Waals surface area (Å²) in [5.41, 5.74) is 0.425. The van der Waals surface area contributed by atoms with Crippen LogP contribution in [0.25, 0.3) is 0 Å². The standard InChI is InChI=1S/C18H30NO9P/c1-8-28-18(20)19(12-16(24-4)25-5)17(29(21,26-6)27-7)13-9-10-14(22-2)15(11-13)23-3/h9-11,16-17H,8,12H2,1-7H3. The molecule has 0 saturated carbocycles. The number of nitrogens with zero attached hydrogens (tertiary/aromatic N) is 1. The van der Waals surface area contributed by atoms with E-state index in [1.807, 2.05) is 0 Å². The zero-order chi connectivity index (χ0) is 22.0. The number of carbonyl (C=O) groups excluding carboxylic acids is 1. The summed E-state index contributed by atoms with van der Waals surface area (Å²) >= 11 is 0. The molecule has 0 aliphatic carbocycles. The molecule has 166 valence electrons. The lowest BCUT2D eigenvalue weighted by molar-refractivity contribution is -0.115. The lowest BCUT2D eigenvalue weighted by Gasteiger charge is -2.35. The van der Waals surface area contributed by atoms with Gasteiger partial charge < -0.3 is 32.7 Å². The molecule has 0 radical (unpaired) electrons. The van der Waals surface area contributed by atoms with Crippen LogP contribution in [-0.2, 0) is 27.8 Å². The van der Waals surface area contributed by atoms with Gasteiger partial charge in [-0.05, 0) is 24.6 Å². The summed E-state index contributed by atoms with van der Waals surface area (Å²) in [5, 5.41) is 0. The van der Waals surface area contributed by atoms with Crippen molar-refractivity contribution in [3.05, 3.63) is 23.8 Å². The first kappa shape index (κ1) is 25.2. The number of hydrogen-bond donors (Lipinski definition) is 0. The molecular weight excluding hydrogens is 405 g/mol. The molecule has 11 heteroatoms. The van der Waals surface area contributed by atoms with Crippen molar-refractivity contribution in [2.75, 3.05) is 55.8 Å². The highest BCUT2D eigenvalue weighted by molar-refractivity contribution is 7.54. The molecule has 0 N–H and O–H groups in total. The largest absolute Gasteiger partial charge is 0.493 e. The molecule has 10 nitrogen and oxygen atoms in total. The predicted molar refractivity (Wildman–Crippen MR) is 105 cm³/mol. The van der Waals surface area contributed by atoms with E-state index in [2.05, 4.69) is 0 Å². The van der Waals surface area contributed by atoms with Crippen molar-refractivity contribution < 1.29 is 42.1 Å². The van der Waals surface area contributed by atoms with Crippen molar-refractivity contribution >= 4 is 13.7 Å². The smallest absolute Gasteiger partial charge is 0.411 e. The molecule has 0 heterocycles. The van der Waals surface area contributed by atoms with Crippen molar-refractivity contribution in [2.45, 2.75) is 19.0 Å². The molecule has 1 amide bonds. The topological polar surface area (TPSA) is 102 Å². The Bertz CT molecular complexity index is 688. The van der Waals surface area contributed by atoms with Gasteiger partial charge in [-0.15, -0.1) is 0 Å². The highest BCUT2D eigenvalue weighted by Crippen LogP contribution is 2.62. The van der Waals surface area contributed by atoms with Crippen molar-refractivity contribution in [3.8, 4) is 11.5 Å². The summed E-state index contributed by atoms with van der Waals surface area (Å²) < 4.78 is 50.1. The van der Waals surface area contributed by atoms with Crippen LogP contribution in [0.2, 0.25) is 0 Å². The van der Waals surface area contributed by atoms with Crippen LogP contribution >= 0.6 is 7.60 Å². The SMILES string of the molecule is CCOC(=O)N(CC(OC)OC)C(c1ccc(OC)c(OC)c1)P(=O)(OC)OC. The summed E-state index contributed by atoms with van der Waals surface area (Å²) in [5.74, 6) is -0.314. The van der Waals surface area contributed by atoms with Crippen LogP contribution in [0, 0.1) is 0 Å². The minimum absolute atomic E-state index is 0.0957. The normalized spacial score (nSPS) is 12.6. The number of methoxy groups -OCH3 is 4. The van der Waals surface area contributed by atoms with E-state index in [4.69, 9.17) is 32.7 Å². The average Bonchev–Trinajstić information content (AvgIpc) is 2.75. The van der Waals surface area contributed by atoms with E-state index in [1.165, 1.54) is 47.6 Å². The van der Waals surface area contributed by atoms with Crippen molar-refractivity contribution in [1.82, 2.24) is 4.90 Å². The fourth-order valence-corrected chi connectivity index (χ4v) is 4.31. The average molecular weight is 435 g/mol. The highest BCUT2D eigenvalue weighted by atomic mass is 31.2. The van der Waals surface area contributed by atoms with E-state index in [1.54, 1.807) is 25.1 Å². The summed E-state index contributed by atoms with van der Waals surface area (Å²) in [6, 6.07) is 4.86. The number of benzene rings is 1. The van der Waals surface area contributed by atoms with E-state index < -0.39 is 25.8 Å². The van der Waals surface area contributed by atoms with Gasteiger partial charge in [0.25, 0.3) is 0 Å². The van der Waals surface area contributed by atoms with Gasteiger partial charge in [0.05, 0.1) is 27.4 Å². The molecule has 29 heavy (non-hydrogen) atoms. The quantitative estimate of drug-likeness (QED) is 0.361. The molecule has 1 aromatic rings. The van der Waals surface area contributed by atoms with Gasteiger partial charge in [-0.1, -0.05) is 6.07 Å². The lowest BCUT2D eigenvalue weighted by atomic mass is 10.2. The summed E-state index contributed by atoms with van der Waals surface area (Å²) in [7, 11) is 4.44. The zero-order valence-electron chi connectivity index (χ0n) is 17.9. The van der Waals surface area contributed by atoms with Gasteiger partial charge in [0.2, 0.25) is 0 Å². The Morgan fingerprint density at radius 2 is 1.59 bits per heavy atom. The van der Waals surface area contributed by atoms with Crippen molar-refractivity contribution in [3.63, 3.8) is 0 Å². The minimum atomic E-state index is -3.86. The van der Waals surface area contributed by atoms with Crippen LogP contribution in [0.1, 0.15) is 18.3 Å². The molecule has 0 saturated heterocycles. The van der Waals surface area contributed by atoms with Gasteiger partial charge in [-0.3, -0.25) is 9.46 Å². The molecule has 0 spiro atoms. The molecule has 0 bridgehead atoms. The van der Waals surface area contributed by atoms with Gasteiger partial charge in [-0.2, -0.15) is 0 Å². The predicted octanol–water partition coefficient (Wildman–Crippen LogP) is 3.27. The first-order valence-corrected chi connectivity index (χ1v) is 10.4. The summed E-state index contributed by atoms with van der Waals surface area (Å²) in [4.78, 5) is 14.0. The fraction of sp³-hybridized carbons (Fsp3) is 0.611. The van der Waals surface area contributed by atoms with Crippen LogP contribution < -0.4 is 9.47 Å². The summed E-state index contributed by atoms with van der Waals surface area (Å²) in [6.45, 7) is 1.68. The fourth-order valence-electron chi connectivity index (χ4n) is 2.71. The van der Waals surface area contributed by atoms with Crippen molar-refractivity contribution in [1.29, 1.82) is 0 Å². The number of hydrogen-bond acceptors (Lipinski definition) is 9. The van der Waals surface area contributed by atoms with Crippen LogP contribution in [0.5, 0.6) is 11.5 Å². The number of rotatable bonds is 12. The zero-order valence-corrected chi connectivity index (χ0v) is 18.8. The second kappa shape index (κ2) is 12.0. The molecule has 1 atom stereocenters. The highest BCUT2D eigenvalue weighted by Gasteiger charge is 2.44. The molecule has 0 fully saturated rings. The molecule has 1 aromatic carbocycles. The molecule has 0 aromatic heterocycles. The maximum absolute atomic E-state index is 13.5. The minimum Gasteiger partial charge on any atom is -0.493 e. The lowest BCUT2D eigenvalue weighted by Crippen LogP contribution is -2.42. The van der Waals surface area contributed by atoms with E-state index in [0.717, 1.165) is 0 Å². The van der Waals surface area contributed by atoms with Gasteiger partial charge in [-0.25, -0.2) is 4.79 Å². The van der Waals surface area contributed by atoms with Crippen molar-refractivity contribution in [2.24, 2.45) is 0 Å². The van der Waals surface area contributed by atoms with Gasteiger partial charge in [0, 0.05) is 28.4 Å². The number of amides is 1. The second-order valence-corrected chi connectivity index (χ2v) is 7.94. The third-order valence-electron chi connectivity index (χ3n) is 4.18. The first-order valence-electron chi connectivity index (χ1n) is 8.77. The van der Waals surface area contributed by atoms with Crippen LogP contribution in [0.4, 0.5) is 4.79 Å². The van der Waals surface area contributed by atoms with E-state index >= 15 is 0 Å². The first-order chi connectivity index (χ1) is 13.8. The maximum Gasteiger partial charge on any atom is 0.411 e. The molecule has 1 rings (SSSR count). The van der Waals surface area contributed by atoms with Gasteiger partial charge in [0.1, 0.15) is 0 Å². The van der Waals surface area contributed by atoms with E-state index in [9.17, 15) is 9.36 Å². The van der Waals surface area contributed by atoms with Crippen LogP contribution in [0.3, 0.4) is 0 Å². The Kier molecular flexibility index (Phi) is 10.4. The van der Waals surface area contributed by atoms with E-state index in [-0.39, 0.29) is 13.2 Å². The third kappa shape index (κ3) is 6.07. The second-order valence-electron chi connectivity index (χ2n) is 5.65. The van der Waals surface area contributed by atoms with Crippen LogP contribution in [-0.4, -0.2) is 73.1 Å². The summed E-state index contributed by atoms with van der Waals surface area (Å²) in [6.07, 6.45) is -1.54. The Morgan fingerprint density at radius 1 is 1.00 bits per heavy atom. The Labute approximate surface area is 171 Å². The Morgan fingerprint density at radius 3 is 2.03 bits per heavy atom. The molecule has 0 aliphatic heterocycles. The maximum atomic E-state index is 13.5. The Balaban J connectivity index is 3.62. The number of carbonyl (C=O) groups is 1. The Hall–Kier alpha value is -1.84. The third-order valence-corrected chi connectivity index (χ3v) is 6.38. The van der Waals surface area contributed by atoms with E-state index in [0.29, 0.717) is 17.1 Å². The molecule has 1 unspecified atom stereocenters. The number of ether oxygens (including phenoxy) is 5. The van der Waals surface area contributed by atoms with Gasteiger partial charge >= 0.3 is 13.7 Å². The monoisotopic (exact) mass is 435 g/mol. The van der Waals surface area contributed by atoms with Crippen LogP contribution in [0.15, 0.2) is 18.2 Å². The molecular formula is C18H30NO9P. The van der Waals surface area contributed by atoms with Gasteiger partial charge in [0.15, 0.2) is 23.6 Å². The molecule has 0 aliphatic rings.